The van der Waals surface area contributed by atoms with Gasteiger partial charge in [0.1, 0.15) is 4.90 Å². The zero-order chi connectivity index (χ0) is 13.5. The second-order valence-electron chi connectivity index (χ2n) is 3.62. The van der Waals surface area contributed by atoms with E-state index in [4.69, 9.17) is 22.2 Å². The van der Waals surface area contributed by atoms with Crippen molar-refractivity contribution in [1.29, 1.82) is 0 Å². The third-order valence-electron chi connectivity index (χ3n) is 2.42. The van der Waals surface area contributed by atoms with Crippen molar-refractivity contribution in [1.82, 2.24) is 4.47 Å². The molecule has 0 radical (unpaired) electrons. The molecule has 9 heteroatoms. The SMILES string of the molecule is Nc1c(F)c(S(=O)(=O)N2CCCO2)cc(Cl)c1Br. The quantitative estimate of drug-likeness (QED) is 0.649. The third kappa shape index (κ3) is 2.23. The first kappa shape index (κ1) is 14.0. The Kier molecular flexibility index (Phi) is 3.84. The highest BCUT2D eigenvalue weighted by atomic mass is 79.9. The Morgan fingerprint density at radius 1 is 1.56 bits per heavy atom. The predicted octanol–water partition coefficient (Wildman–Crippen LogP) is 2.15. The van der Waals surface area contributed by atoms with Crippen LogP contribution in [0.25, 0.3) is 0 Å². The van der Waals surface area contributed by atoms with E-state index in [0.717, 1.165) is 10.5 Å². The van der Waals surface area contributed by atoms with Crippen molar-refractivity contribution >= 4 is 43.2 Å². The van der Waals surface area contributed by atoms with Gasteiger partial charge in [0, 0.05) is 6.54 Å². The monoisotopic (exact) mass is 358 g/mol. The van der Waals surface area contributed by atoms with Gasteiger partial charge in [-0.1, -0.05) is 16.1 Å². The Morgan fingerprint density at radius 3 is 2.78 bits per heavy atom. The van der Waals surface area contributed by atoms with Crippen molar-refractivity contribution in [2.75, 3.05) is 18.9 Å². The number of hydrogen-bond acceptors (Lipinski definition) is 4. The van der Waals surface area contributed by atoms with Crippen molar-refractivity contribution in [3.63, 3.8) is 0 Å². The number of nitrogen functional groups attached to an aromatic ring is 1. The maximum atomic E-state index is 13.9. The van der Waals surface area contributed by atoms with Crippen molar-refractivity contribution in [2.45, 2.75) is 11.3 Å². The molecule has 2 N–H and O–H groups in total. The van der Waals surface area contributed by atoms with Gasteiger partial charge in [0.25, 0.3) is 10.0 Å². The van der Waals surface area contributed by atoms with Crippen molar-refractivity contribution < 1.29 is 17.6 Å². The Balaban J connectivity index is 2.58. The van der Waals surface area contributed by atoms with Crippen LogP contribution in [0.3, 0.4) is 0 Å². The van der Waals surface area contributed by atoms with Crippen molar-refractivity contribution in [3.05, 3.63) is 21.4 Å². The van der Waals surface area contributed by atoms with E-state index in [0.29, 0.717) is 6.42 Å². The molecule has 0 aliphatic carbocycles. The molecule has 1 heterocycles. The molecule has 100 valence electrons. The van der Waals surface area contributed by atoms with Gasteiger partial charge in [-0.25, -0.2) is 12.8 Å². The standard InChI is InChI=1S/C9H9BrClFN2O3S/c10-7-5(11)4-6(8(12)9(7)13)18(15,16)14-2-1-3-17-14/h4H,1-3,13H2. The summed E-state index contributed by atoms with van der Waals surface area (Å²) in [6.07, 6.45) is 0.556. The molecular weight excluding hydrogens is 351 g/mol. The fraction of sp³-hybridized carbons (Fsp3) is 0.333. The lowest BCUT2D eigenvalue weighted by Gasteiger charge is -2.16. The molecule has 0 spiro atoms. The summed E-state index contributed by atoms with van der Waals surface area (Å²) in [5.41, 5.74) is 5.10. The Labute approximate surface area is 117 Å². The minimum atomic E-state index is -4.08. The maximum absolute atomic E-state index is 13.9. The number of hydroxylamine groups is 1. The van der Waals surface area contributed by atoms with Gasteiger partial charge in [-0.15, -0.1) is 0 Å². The highest BCUT2D eigenvalue weighted by Crippen LogP contribution is 2.36. The highest BCUT2D eigenvalue weighted by molar-refractivity contribution is 9.10. The summed E-state index contributed by atoms with van der Waals surface area (Å²) in [6, 6.07) is 1.01. The Morgan fingerprint density at radius 2 is 2.22 bits per heavy atom. The lowest BCUT2D eigenvalue weighted by Crippen LogP contribution is -2.27. The van der Waals surface area contributed by atoms with Gasteiger partial charge in [0.2, 0.25) is 0 Å². The van der Waals surface area contributed by atoms with Gasteiger partial charge < -0.3 is 5.73 Å². The van der Waals surface area contributed by atoms with Crippen LogP contribution in [0.4, 0.5) is 10.1 Å². The smallest absolute Gasteiger partial charge is 0.268 e. The van der Waals surface area contributed by atoms with E-state index < -0.39 is 20.7 Å². The first-order valence-corrected chi connectivity index (χ1v) is 7.55. The third-order valence-corrected chi connectivity index (χ3v) is 5.48. The van der Waals surface area contributed by atoms with Gasteiger partial charge in [-0.05, 0) is 28.4 Å². The van der Waals surface area contributed by atoms with E-state index in [2.05, 4.69) is 15.9 Å². The van der Waals surface area contributed by atoms with E-state index in [-0.39, 0.29) is 28.3 Å². The number of hydrogen-bond donors (Lipinski definition) is 1. The van der Waals surface area contributed by atoms with Gasteiger partial charge >= 0.3 is 0 Å². The lowest BCUT2D eigenvalue weighted by molar-refractivity contribution is -0.0286. The van der Waals surface area contributed by atoms with Gasteiger partial charge in [0.15, 0.2) is 5.82 Å². The molecule has 1 aliphatic heterocycles. The fourth-order valence-electron chi connectivity index (χ4n) is 1.51. The Hall–Kier alpha value is -0.410. The average Bonchev–Trinajstić information content (AvgIpc) is 2.85. The number of nitrogens with zero attached hydrogens (tertiary/aromatic N) is 1. The molecular formula is C9H9BrClFN2O3S. The molecule has 1 aromatic rings. The van der Waals surface area contributed by atoms with Crippen molar-refractivity contribution in [3.8, 4) is 0 Å². The molecule has 1 saturated heterocycles. The predicted molar refractivity (Wildman–Crippen MR) is 68.0 cm³/mol. The zero-order valence-electron chi connectivity index (χ0n) is 8.99. The minimum Gasteiger partial charge on any atom is -0.395 e. The molecule has 0 aromatic heterocycles. The highest BCUT2D eigenvalue weighted by Gasteiger charge is 2.33. The average molecular weight is 360 g/mol. The van der Waals surface area contributed by atoms with E-state index in [1.54, 1.807) is 0 Å². The summed E-state index contributed by atoms with van der Waals surface area (Å²) in [6.45, 7) is 0.454. The molecule has 0 bridgehead atoms. The number of halogens is 3. The summed E-state index contributed by atoms with van der Waals surface area (Å²) in [7, 11) is -4.08. The van der Waals surface area contributed by atoms with Crippen molar-refractivity contribution in [2.24, 2.45) is 0 Å². The van der Waals surface area contributed by atoms with Crippen LogP contribution >= 0.6 is 27.5 Å². The molecule has 1 fully saturated rings. The van der Waals surface area contributed by atoms with Crippen LogP contribution in [-0.4, -0.2) is 26.0 Å². The molecule has 0 unspecified atom stereocenters. The van der Waals surface area contributed by atoms with E-state index >= 15 is 0 Å². The Bertz CT molecular complexity index is 590. The summed E-state index contributed by atoms with van der Waals surface area (Å²) in [5.74, 6) is -1.04. The molecule has 0 amide bonds. The van der Waals surface area contributed by atoms with Gasteiger partial charge in [-0.2, -0.15) is 0 Å². The topological polar surface area (TPSA) is 72.6 Å². The van der Waals surface area contributed by atoms with Crippen LogP contribution in [0.15, 0.2) is 15.4 Å². The minimum absolute atomic E-state index is 0.0201. The van der Waals surface area contributed by atoms with Crippen LogP contribution in [0.5, 0.6) is 0 Å². The second kappa shape index (κ2) is 4.93. The van der Waals surface area contributed by atoms with Crippen LogP contribution in [0, 0.1) is 5.82 Å². The van der Waals surface area contributed by atoms with Gasteiger partial charge in [0.05, 0.1) is 21.8 Å². The molecule has 18 heavy (non-hydrogen) atoms. The molecule has 0 atom stereocenters. The normalized spacial score (nSPS) is 17.3. The summed E-state index contributed by atoms with van der Waals surface area (Å²) >= 11 is 8.76. The molecule has 0 saturated carbocycles. The summed E-state index contributed by atoms with van der Waals surface area (Å²) in [4.78, 5) is 4.33. The van der Waals surface area contributed by atoms with E-state index in [9.17, 15) is 12.8 Å². The summed E-state index contributed by atoms with van der Waals surface area (Å²) in [5, 5.41) is 0.0201. The fourth-order valence-corrected chi connectivity index (χ4v) is 3.48. The number of sulfonamides is 1. The second-order valence-corrected chi connectivity index (χ2v) is 6.61. The largest absolute Gasteiger partial charge is 0.395 e. The number of rotatable bonds is 2. The first-order valence-electron chi connectivity index (χ1n) is 4.94. The van der Waals surface area contributed by atoms with E-state index in [1.807, 2.05) is 0 Å². The number of benzene rings is 1. The molecule has 1 aromatic carbocycles. The van der Waals surface area contributed by atoms with Crippen LogP contribution < -0.4 is 5.73 Å². The van der Waals surface area contributed by atoms with Crippen LogP contribution in [0.1, 0.15) is 6.42 Å². The van der Waals surface area contributed by atoms with E-state index in [1.165, 1.54) is 0 Å². The summed E-state index contributed by atoms with van der Waals surface area (Å²) < 4.78 is 39.0. The van der Waals surface area contributed by atoms with Gasteiger partial charge in [-0.3, -0.25) is 4.84 Å². The maximum Gasteiger partial charge on any atom is 0.268 e. The number of anilines is 1. The zero-order valence-corrected chi connectivity index (χ0v) is 12.1. The first-order chi connectivity index (χ1) is 8.35. The van der Waals surface area contributed by atoms with Crippen LogP contribution in [0.2, 0.25) is 5.02 Å². The van der Waals surface area contributed by atoms with Crippen LogP contribution in [-0.2, 0) is 14.9 Å². The molecule has 1 aliphatic rings. The number of nitrogens with two attached hydrogens (primary N) is 1. The molecule has 5 nitrogen and oxygen atoms in total. The lowest BCUT2D eigenvalue weighted by atomic mass is 10.3. The molecule has 2 rings (SSSR count).